The molecule has 0 radical (unpaired) electrons. The monoisotopic (exact) mass is 1050 g/mol. The number of cyclic esters (lactones) is 2. The molecule has 5 aliphatic heterocycles. The second-order valence-corrected chi connectivity index (χ2v) is 17.3. The second kappa shape index (κ2) is 26.4. The molecule has 0 aromatic carbocycles. The van der Waals surface area contributed by atoms with Gasteiger partial charge in [-0.25, -0.2) is 9.59 Å². The molecular formula is C48H60O26. The molecule has 0 aromatic heterocycles. The molecule has 3 saturated heterocycles. The second-order valence-electron chi connectivity index (χ2n) is 17.3. The molecule has 74 heavy (non-hydrogen) atoms. The number of carbonyl (C=O) groups is 10. The van der Waals surface area contributed by atoms with Gasteiger partial charge >= 0.3 is 59.7 Å². The minimum Gasteiger partial charge on any atom is -0.471 e. The Balaban J connectivity index is 1.40. The maximum absolute atomic E-state index is 14.0. The molecule has 26 nitrogen and oxygen atoms in total. The summed E-state index contributed by atoms with van der Waals surface area (Å²) in [6, 6.07) is 0. The van der Waals surface area contributed by atoms with Gasteiger partial charge in [-0.15, -0.1) is 13.2 Å². The lowest BCUT2D eigenvalue weighted by Crippen LogP contribution is -2.63. The molecule has 16 atom stereocenters. The highest BCUT2D eigenvalue weighted by atomic mass is 16.8. The number of ether oxygens (including phenoxy) is 16. The van der Waals surface area contributed by atoms with Crippen LogP contribution in [0.4, 0.5) is 0 Å². The predicted octanol–water partition coefficient (Wildman–Crippen LogP) is 1.38. The van der Waals surface area contributed by atoms with Crippen LogP contribution >= 0.6 is 0 Å². The molecule has 0 aliphatic carbocycles. The van der Waals surface area contributed by atoms with Crippen molar-refractivity contribution in [3.05, 3.63) is 49.0 Å². The maximum atomic E-state index is 14.0. The number of hydrogen-bond acceptors (Lipinski definition) is 26. The van der Waals surface area contributed by atoms with Gasteiger partial charge in [0.2, 0.25) is 25.2 Å². The molecule has 3 fully saturated rings. The first-order valence-corrected chi connectivity index (χ1v) is 23.3. The van der Waals surface area contributed by atoms with Crippen molar-refractivity contribution in [2.24, 2.45) is 23.7 Å². The van der Waals surface area contributed by atoms with E-state index in [-0.39, 0.29) is 37.2 Å². The van der Waals surface area contributed by atoms with E-state index >= 15 is 0 Å². The summed E-state index contributed by atoms with van der Waals surface area (Å²) in [5, 5.41) is 0. The first-order chi connectivity index (χ1) is 35.0. The summed E-state index contributed by atoms with van der Waals surface area (Å²) in [6.45, 7) is 14.7. The topological polar surface area (TPSA) is 318 Å². The van der Waals surface area contributed by atoms with Crippen LogP contribution in [0.25, 0.3) is 0 Å². The van der Waals surface area contributed by atoms with E-state index in [4.69, 9.17) is 75.8 Å². The molecule has 0 unspecified atom stereocenters. The summed E-state index contributed by atoms with van der Waals surface area (Å²) in [7, 11) is 0. The summed E-state index contributed by atoms with van der Waals surface area (Å²) >= 11 is 0. The molecule has 0 amide bonds. The lowest BCUT2D eigenvalue weighted by Gasteiger charge is -2.46. The fraction of sp³-hybridized carbons (Fsp3) is 0.625. The zero-order valence-corrected chi connectivity index (χ0v) is 41.8. The highest BCUT2D eigenvalue weighted by Crippen LogP contribution is 2.41. The fourth-order valence-corrected chi connectivity index (χ4v) is 8.91. The van der Waals surface area contributed by atoms with Gasteiger partial charge in [-0.2, -0.15) is 0 Å². The molecule has 5 aliphatic rings. The van der Waals surface area contributed by atoms with E-state index in [0.717, 1.165) is 67.9 Å². The third kappa shape index (κ3) is 15.1. The van der Waals surface area contributed by atoms with Gasteiger partial charge in [-0.3, -0.25) is 38.4 Å². The van der Waals surface area contributed by atoms with Crippen molar-refractivity contribution in [1.82, 2.24) is 0 Å². The van der Waals surface area contributed by atoms with Crippen LogP contribution in [0.2, 0.25) is 0 Å². The Hall–Kier alpha value is -6.90. The van der Waals surface area contributed by atoms with E-state index in [1.165, 1.54) is 12.2 Å². The predicted molar refractivity (Wildman–Crippen MR) is 237 cm³/mol. The zero-order valence-electron chi connectivity index (χ0n) is 41.8. The first-order valence-electron chi connectivity index (χ1n) is 23.3. The van der Waals surface area contributed by atoms with Crippen LogP contribution in [-0.4, -0.2) is 160 Å². The normalized spacial score (nSPS) is 32.9. The number of carbonyl (C=O) groups excluding carboxylic acids is 10. The molecule has 0 saturated carbocycles. The van der Waals surface area contributed by atoms with E-state index in [0.29, 0.717) is 0 Å². The Bertz CT molecular complexity index is 2060. The van der Waals surface area contributed by atoms with Crippen LogP contribution in [0.5, 0.6) is 0 Å². The molecular weight excluding hydrogens is 993 g/mol. The third-order valence-electron chi connectivity index (χ3n) is 11.8. The molecule has 408 valence electrons. The van der Waals surface area contributed by atoms with E-state index in [2.05, 4.69) is 13.2 Å². The third-order valence-corrected chi connectivity index (χ3v) is 11.8. The summed E-state index contributed by atoms with van der Waals surface area (Å²) in [4.78, 5) is 126. The molecule has 0 spiro atoms. The quantitative estimate of drug-likeness (QED) is 0.120. The van der Waals surface area contributed by atoms with Crippen molar-refractivity contribution in [3.8, 4) is 0 Å². The van der Waals surface area contributed by atoms with Crippen LogP contribution in [0.3, 0.4) is 0 Å². The SMILES string of the molecule is C=C[C@@H]1[C@@H](O[C@H]2O[C@@H](COC(C)=O)[C@H](OC(C)=O)[C@@H](OC(C)=O)[C@@H]2OC(C)=O)OC=C2C(=O)OCC[C@H]3C(=CO[C@H](O[C@@H]4O[C@H](COC(C)=O)[C@@H](OC(C)=O)[C@H](OC(C)=O)[C@H]4OC(C)=O)[C@H]3C=C)C(=O)OCC[C@@H]21. The smallest absolute Gasteiger partial charge is 0.337 e. The molecule has 5 heterocycles. The van der Waals surface area contributed by atoms with Crippen LogP contribution in [-0.2, 0) is 124 Å². The summed E-state index contributed by atoms with van der Waals surface area (Å²) < 4.78 is 91.4. The highest BCUT2D eigenvalue weighted by Gasteiger charge is 2.56. The van der Waals surface area contributed by atoms with E-state index < -0.39 is 171 Å². The Morgan fingerprint density at radius 2 is 0.784 bits per heavy atom. The van der Waals surface area contributed by atoms with E-state index in [1.54, 1.807) is 0 Å². The standard InChI is InChI=1S/C48H60O26/c1-11-29-31-13-15-59-44(58)34-18-64-46(74-48-42(70-28(10)56)40(68-26(8)54)38(66-24(6)52)36(72-48)20-62-22(4)50)30(12-2)32(34)14-16-60-43(57)33(31)17-63-45(29)73-47-41(69-27(9)55)39(67-25(7)53)37(65-23(5)51)35(71-47)19-61-21(3)49/h11-12,17-18,29-32,35-42,45-48H,1-2,13-16,19-20H2,3-10H3/t29-,30-,31+,32+,35-,36+,37-,38+,39+,40-,41-,42+,45+,46+,47+,48-/m0/s1. The van der Waals surface area contributed by atoms with Gasteiger partial charge in [0.1, 0.15) is 25.4 Å². The minimum atomic E-state index is -1.68. The Morgan fingerprint density at radius 1 is 0.473 bits per heavy atom. The van der Waals surface area contributed by atoms with Gasteiger partial charge < -0.3 is 75.8 Å². The van der Waals surface area contributed by atoms with Gasteiger partial charge in [0.25, 0.3) is 0 Å². The average molecular weight is 1050 g/mol. The molecule has 0 N–H and O–H groups in total. The van der Waals surface area contributed by atoms with Crippen LogP contribution in [0.1, 0.15) is 68.2 Å². The lowest BCUT2D eigenvalue weighted by molar-refractivity contribution is -0.342. The number of fused-ring (bicyclic) bond motifs is 2. The van der Waals surface area contributed by atoms with Crippen molar-refractivity contribution < 1.29 is 124 Å². The van der Waals surface area contributed by atoms with Crippen LogP contribution < -0.4 is 0 Å². The van der Waals surface area contributed by atoms with Gasteiger partial charge in [0.15, 0.2) is 36.6 Å². The first kappa shape index (κ1) is 58.0. The Labute approximate surface area is 424 Å². The molecule has 26 heteroatoms. The Kier molecular flexibility index (Phi) is 20.7. The highest BCUT2D eigenvalue weighted by molar-refractivity contribution is 5.90. The van der Waals surface area contributed by atoms with Gasteiger partial charge in [-0.05, 0) is 12.8 Å². The number of rotatable bonds is 16. The largest absolute Gasteiger partial charge is 0.471 e. The zero-order chi connectivity index (χ0) is 54.6. The maximum Gasteiger partial charge on any atom is 0.337 e. The van der Waals surface area contributed by atoms with Crippen molar-refractivity contribution in [3.63, 3.8) is 0 Å². The molecule has 0 aromatic rings. The summed E-state index contributed by atoms with van der Waals surface area (Å²) in [6.07, 6.45) is -13.5. The minimum absolute atomic E-state index is 0.0270. The average Bonchev–Trinajstić information content (AvgIpc) is 3.30. The van der Waals surface area contributed by atoms with Crippen molar-refractivity contribution in [2.45, 2.75) is 142 Å². The van der Waals surface area contributed by atoms with Gasteiger partial charge in [0, 0.05) is 79.1 Å². The van der Waals surface area contributed by atoms with E-state index in [9.17, 15) is 47.9 Å². The number of hydrogen-bond donors (Lipinski definition) is 0. The number of esters is 10. The van der Waals surface area contributed by atoms with Crippen LogP contribution in [0, 0.1) is 23.7 Å². The van der Waals surface area contributed by atoms with Crippen molar-refractivity contribution in [2.75, 3.05) is 26.4 Å². The molecule has 0 bridgehead atoms. The fourth-order valence-electron chi connectivity index (χ4n) is 8.91. The summed E-state index contributed by atoms with van der Waals surface area (Å²) in [5.74, 6) is -12.1. The Morgan fingerprint density at radius 3 is 1.08 bits per heavy atom. The van der Waals surface area contributed by atoms with Crippen LogP contribution in [0.15, 0.2) is 49.0 Å². The van der Waals surface area contributed by atoms with Crippen molar-refractivity contribution in [1.29, 1.82) is 0 Å². The van der Waals surface area contributed by atoms with E-state index in [1.807, 2.05) is 0 Å². The van der Waals surface area contributed by atoms with Crippen molar-refractivity contribution >= 4 is 59.7 Å². The van der Waals surface area contributed by atoms with Gasteiger partial charge in [0.05, 0.1) is 36.9 Å². The summed E-state index contributed by atoms with van der Waals surface area (Å²) in [5.41, 5.74) is -0.0541. The lowest BCUT2D eigenvalue weighted by atomic mass is 9.81. The molecule has 5 rings (SSSR count). The van der Waals surface area contributed by atoms with Gasteiger partial charge in [-0.1, -0.05) is 12.2 Å².